The second-order valence-electron chi connectivity index (χ2n) is 7.12. The lowest BCUT2D eigenvalue weighted by molar-refractivity contribution is 0.0939. The summed E-state index contributed by atoms with van der Waals surface area (Å²) in [5.41, 5.74) is 2.51. The Morgan fingerprint density at radius 2 is 1.66 bits per heavy atom. The highest BCUT2D eigenvalue weighted by molar-refractivity contribution is 9.10. The van der Waals surface area contributed by atoms with E-state index in [1.54, 1.807) is 43.5 Å². The average Bonchev–Trinajstić information content (AvgIpc) is 2.81. The Morgan fingerprint density at radius 3 is 2.34 bits per heavy atom. The highest BCUT2D eigenvalue weighted by Crippen LogP contribution is 2.25. The fourth-order valence-corrected chi connectivity index (χ4v) is 3.41. The van der Waals surface area contributed by atoms with Crippen LogP contribution in [0, 0.1) is 0 Å². The van der Waals surface area contributed by atoms with Crippen LogP contribution in [0.1, 0.15) is 39.2 Å². The fraction of sp³-hybridized carbons (Fsp3) is 0.200. The molecule has 3 rings (SSSR count). The first-order valence-electron chi connectivity index (χ1n) is 10.2. The third-order valence-corrected chi connectivity index (χ3v) is 5.28. The Balaban J connectivity index is 1.65. The van der Waals surface area contributed by atoms with E-state index in [0.717, 1.165) is 10.0 Å². The lowest BCUT2D eigenvalue weighted by Gasteiger charge is -2.15. The van der Waals surface area contributed by atoms with Gasteiger partial charge in [0.25, 0.3) is 11.8 Å². The largest absolute Gasteiger partial charge is 0.490 e. The number of methoxy groups -OCH3 is 1. The minimum absolute atomic E-state index is 0.115. The fourth-order valence-electron chi connectivity index (χ4n) is 3.05. The van der Waals surface area contributed by atoms with Crippen molar-refractivity contribution in [3.63, 3.8) is 0 Å². The van der Waals surface area contributed by atoms with Crippen LogP contribution in [0.4, 0.5) is 5.69 Å². The molecule has 2 N–H and O–H groups in total. The summed E-state index contributed by atoms with van der Waals surface area (Å²) in [5.74, 6) is -0.0256. The number of carbonyl (C=O) groups excluding carboxylic acids is 2. The standard InChI is InChI=1S/C25H25BrN2O4/c1-17(18-6-4-3-5-7-18)27-24(29)19-8-11-21(12-9-19)28-25(30)22-16-20(26)10-13-23(22)32-15-14-31-2/h3-13,16-17H,14-15H2,1-2H3,(H,27,29)(H,28,30). The molecular weight excluding hydrogens is 472 g/mol. The van der Waals surface area contributed by atoms with Crippen molar-refractivity contribution in [2.45, 2.75) is 13.0 Å². The van der Waals surface area contributed by atoms with Crippen LogP contribution >= 0.6 is 15.9 Å². The van der Waals surface area contributed by atoms with Crippen LogP contribution in [-0.2, 0) is 4.74 Å². The maximum Gasteiger partial charge on any atom is 0.259 e. The van der Waals surface area contributed by atoms with Gasteiger partial charge >= 0.3 is 0 Å². The minimum Gasteiger partial charge on any atom is -0.490 e. The van der Waals surface area contributed by atoms with Crippen LogP contribution in [-0.4, -0.2) is 32.1 Å². The Bertz CT molecular complexity index is 1060. The van der Waals surface area contributed by atoms with E-state index in [0.29, 0.717) is 35.8 Å². The highest BCUT2D eigenvalue weighted by atomic mass is 79.9. The van der Waals surface area contributed by atoms with Crippen LogP contribution < -0.4 is 15.4 Å². The number of rotatable bonds is 9. The molecule has 1 atom stereocenters. The van der Waals surface area contributed by atoms with E-state index < -0.39 is 0 Å². The van der Waals surface area contributed by atoms with Crippen molar-refractivity contribution in [3.8, 4) is 5.75 Å². The van der Waals surface area contributed by atoms with Gasteiger partial charge in [-0.15, -0.1) is 0 Å². The van der Waals surface area contributed by atoms with Crippen molar-refractivity contribution in [3.05, 3.63) is 94.0 Å². The van der Waals surface area contributed by atoms with Gasteiger partial charge in [0.1, 0.15) is 12.4 Å². The van der Waals surface area contributed by atoms with Crippen LogP contribution in [0.25, 0.3) is 0 Å². The summed E-state index contributed by atoms with van der Waals surface area (Å²) in [6, 6.07) is 21.6. The van der Waals surface area contributed by atoms with E-state index in [-0.39, 0.29) is 17.9 Å². The molecule has 0 aliphatic rings. The van der Waals surface area contributed by atoms with Crippen molar-refractivity contribution in [2.75, 3.05) is 25.6 Å². The van der Waals surface area contributed by atoms with E-state index >= 15 is 0 Å². The molecule has 0 aliphatic carbocycles. The van der Waals surface area contributed by atoms with Crippen LogP contribution in [0.5, 0.6) is 5.75 Å². The first-order valence-corrected chi connectivity index (χ1v) is 11.0. The molecule has 0 heterocycles. The van der Waals surface area contributed by atoms with Gasteiger partial charge in [0.15, 0.2) is 0 Å². The number of halogens is 1. The smallest absolute Gasteiger partial charge is 0.259 e. The number of hydrogen-bond acceptors (Lipinski definition) is 4. The van der Waals surface area contributed by atoms with Gasteiger partial charge in [0.05, 0.1) is 18.2 Å². The quantitative estimate of drug-likeness (QED) is 0.398. The zero-order chi connectivity index (χ0) is 22.9. The molecule has 32 heavy (non-hydrogen) atoms. The lowest BCUT2D eigenvalue weighted by Crippen LogP contribution is -2.26. The summed E-state index contributed by atoms with van der Waals surface area (Å²) >= 11 is 3.39. The predicted molar refractivity (Wildman–Crippen MR) is 128 cm³/mol. The average molecular weight is 497 g/mol. The first kappa shape index (κ1) is 23.5. The maximum atomic E-state index is 12.8. The van der Waals surface area contributed by atoms with Gasteiger partial charge < -0.3 is 20.1 Å². The summed E-state index contributed by atoms with van der Waals surface area (Å²) in [7, 11) is 1.59. The lowest BCUT2D eigenvalue weighted by atomic mass is 10.1. The normalized spacial score (nSPS) is 11.5. The number of ether oxygens (including phenoxy) is 2. The molecule has 0 fully saturated rings. The Labute approximate surface area is 196 Å². The van der Waals surface area contributed by atoms with Crippen molar-refractivity contribution >= 4 is 33.4 Å². The van der Waals surface area contributed by atoms with Gasteiger partial charge in [-0.1, -0.05) is 46.3 Å². The molecule has 0 spiro atoms. The van der Waals surface area contributed by atoms with Gasteiger partial charge in [0, 0.05) is 22.8 Å². The highest BCUT2D eigenvalue weighted by Gasteiger charge is 2.15. The molecule has 2 amide bonds. The SMILES string of the molecule is COCCOc1ccc(Br)cc1C(=O)Nc1ccc(C(=O)NC(C)c2ccccc2)cc1. The number of hydrogen-bond donors (Lipinski definition) is 2. The summed E-state index contributed by atoms with van der Waals surface area (Å²) in [6.07, 6.45) is 0. The molecule has 0 aliphatic heterocycles. The van der Waals surface area contributed by atoms with Crippen molar-refractivity contribution < 1.29 is 19.1 Å². The number of anilines is 1. The van der Waals surface area contributed by atoms with Gasteiger partial charge in [-0.3, -0.25) is 9.59 Å². The van der Waals surface area contributed by atoms with Gasteiger partial charge in [-0.05, 0) is 55.0 Å². The zero-order valence-corrected chi connectivity index (χ0v) is 19.5. The van der Waals surface area contributed by atoms with Crippen LogP contribution in [0.2, 0.25) is 0 Å². The monoisotopic (exact) mass is 496 g/mol. The second kappa shape index (κ2) is 11.5. The number of nitrogens with one attached hydrogen (secondary N) is 2. The molecule has 0 saturated heterocycles. The van der Waals surface area contributed by atoms with Crippen LogP contribution in [0.15, 0.2) is 77.3 Å². The summed E-state index contributed by atoms with van der Waals surface area (Å²) in [6.45, 7) is 2.69. The molecule has 166 valence electrons. The van der Waals surface area contributed by atoms with Gasteiger partial charge in [-0.2, -0.15) is 0 Å². The number of benzene rings is 3. The molecular formula is C25H25BrN2O4. The predicted octanol–water partition coefficient (Wildman–Crippen LogP) is 5.22. The maximum absolute atomic E-state index is 12.8. The molecule has 6 nitrogen and oxygen atoms in total. The van der Waals surface area contributed by atoms with Crippen LogP contribution in [0.3, 0.4) is 0 Å². The summed E-state index contributed by atoms with van der Waals surface area (Å²) in [4.78, 5) is 25.4. The third-order valence-electron chi connectivity index (χ3n) is 4.78. The van der Waals surface area contributed by atoms with E-state index in [9.17, 15) is 9.59 Å². The first-order chi connectivity index (χ1) is 15.5. The topological polar surface area (TPSA) is 76.7 Å². The van der Waals surface area contributed by atoms with Gasteiger partial charge in [-0.25, -0.2) is 0 Å². The Kier molecular flexibility index (Phi) is 8.41. The van der Waals surface area contributed by atoms with E-state index in [4.69, 9.17) is 9.47 Å². The second-order valence-corrected chi connectivity index (χ2v) is 8.03. The minimum atomic E-state index is -0.311. The van der Waals surface area contributed by atoms with E-state index in [1.807, 2.05) is 43.3 Å². The number of carbonyl (C=O) groups is 2. The molecule has 1 unspecified atom stereocenters. The van der Waals surface area contributed by atoms with E-state index in [2.05, 4.69) is 26.6 Å². The molecule has 0 bridgehead atoms. The number of amides is 2. The molecule has 7 heteroatoms. The third kappa shape index (κ3) is 6.42. The zero-order valence-electron chi connectivity index (χ0n) is 17.9. The van der Waals surface area contributed by atoms with E-state index in [1.165, 1.54) is 0 Å². The van der Waals surface area contributed by atoms with Crippen molar-refractivity contribution in [1.82, 2.24) is 5.32 Å². The summed E-state index contributed by atoms with van der Waals surface area (Å²) in [5, 5.41) is 5.82. The van der Waals surface area contributed by atoms with Gasteiger partial charge in [0.2, 0.25) is 0 Å². The molecule has 0 aromatic heterocycles. The Hall–Kier alpha value is -3.16. The molecule has 0 saturated carbocycles. The molecule has 3 aromatic rings. The molecule has 3 aromatic carbocycles. The van der Waals surface area contributed by atoms with Crippen molar-refractivity contribution in [1.29, 1.82) is 0 Å². The van der Waals surface area contributed by atoms with Crippen molar-refractivity contribution in [2.24, 2.45) is 0 Å². The summed E-state index contributed by atoms with van der Waals surface area (Å²) < 4.78 is 11.4. The molecule has 0 radical (unpaired) electrons. The Morgan fingerprint density at radius 1 is 0.938 bits per heavy atom.